The lowest BCUT2D eigenvalue weighted by atomic mass is 9.82. The Morgan fingerprint density at radius 1 is 1.06 bits per heavy atom. The summed E-state index contributed by atoms with van der Waals surface area (Å²) >= 11 is 0. The van der Waals surface area contributed by atoms with Crippen molar-refractivity contribution in [3.8, 4) is 0 Å². The number of hydrogen-bond acceptors (Lipinski definition) is 1. The van der Waals surface area contributed by atoms with Crippen molar-refractivity contribution in [2.45, 2.75) is 19.3 Å². The SMILES string of the molecule is CC(C)(C(=O)O)c1cccc2ccccc12. The second kappa shape index (κ2) is 3.63. The Labute approximate surface area is 94.5 Å². The number of benzene rings is 2. The summed E-state index contributed by atoms with van der Waals surface area (Å²) in [4.78, 5) is 11.3. The van der Waals surface area contributed by atoms with Crippen LogP contribution in [-0.4, -0.2) is 11.1 Å². The molecule has 2 heteroatoms. The molecule has 0 unspecified atom stereocenters. The molecule has 16 heavy (non-hydrogen) atoms. The van der Waals surface area contributed by atoms with E-state index in [4.69, 9.17) is 0 Å². The van der Waals surface area contributed by atoms with E-state index >= 15 is 0 Å². The zero-order chi connectivity index (χ0) is 11.8. The Hall–Kier alpha value is -1.83. The summed E-state index contributed by atoms with van der Waals surface area (Å²) in [5, 5.41) is 11.3. The summed E-state index contributed by atoms with van der Waals surface area (Å²) in [7, 11) is 0. The minimum atomic E-state index is -0.860. The Balaban J connectivity index is 2.74. The Morgan fingerprint density at radius 3 is 2.38 bits per heavy atom. The summed E-state index contributed by atoms with van der Waals surface area (Å²) < 4.78 is 0. The number of carboxylic acid groups (broad SMARTS) is 1. The van der Waals surface area contributed by atoms with E-state index in [1.807, 2.05) is 42.5 Å². The van der Waals surface area contributed by atoms with Crippen LogP contribution in [0.3, 0.4) is 0 Å². The van der Waals surface area contributed by atoms with Crippen LogP contribution in [0, 0.1) is 0 Å². The maximum absolute atomic E-state index is 11.3. The van der Waals surface area contributed by atoms with Gasteiger partial charge in [-0.2, -0.15) is 0 Å². The molecule has 0 atom stereocenters. The molecule has 0 radical (unpaired) electrons. The molecule has 0 aliphatic heterocycles. The van der Waals surface area contributed by atoms with Gasteiger partial charge in [0.05, 0.1) is 5.41 Å². The molecule has 0 amide bonds. The highest BCUT2D eigenvalue weighted by atomic mass is 16.4. The fourth-order valence-electron chi connectivity index (χ4n) is 1.89. The van der Waals surface area contributed by atoms with Crippen LogP contribution in [0.4, 0.5) is 0 Å². The maximum atomic E-state index is 11.3. The number of aliphatic carboxylic acids is 1. The fourth-order valence-corrected chi connectivity index (χ4v) is 1.89. The minimum absolute atomic E-state index is 0.802. The van der Waals surface area contributed by atoms with Crippen LogP contribution in [-0.2, 0) is 10.2 Å². The van der Waals surface area contributed by atoms with Gasteiger partial charge < -0.3 is 5.11 Å². The second-order valence-electron chi connectivity index (χ2n) is 4.46. The molecular weight excluding hydrogens is 200 g/mol. The number of fused-ring (bicyclic) bond motifs is 1. The van der Waals surface area contributed by atoms with E-state index in [9.17, 15) is 9.90 Å². The smallest absolute Gasteiger partial charge is 0.313 e. The molecule has 0 aliphatic carbocycles. The van der Waals surface area contributed by atoms with Crippen molar-refractivity contribution in [1.82, 2.24) is 0 Å². The number of carboxylic acids is 1. The molecule has 0 aliphatic rings. The van der Waals surface area contributed by atoms with Crippen LogP contribution in [0.5, 0.6) is 0 Å². The van der Waals surface area contributed by atoms with Gasteiger partial charge in [-0.1, -0.05) is 42.5 Å². The van der Waals surface area contributed by atoms with Gasteiger partial charge in [0.25, 0.3) is 0 Å². The number of carbonyl (C=O) groups is 1. The standard InChI is InChI=1S/C14H14O2/c1-14(2,13(15)16)12-9-5-7-10-6-3-4-8-11(10)12/h3-9H,1-2H3,(H,15,16). The van der Waals surface area contributed by atoms with Crippen molar-refractivity contribution in [3.05, 3.63) is 48.0 Å². The third-order valence-corrected chi connectivity index (χ3v) is 3.00. The summed E-state index contributed by atoms with van der Waals surface area (Å²) in [6.07, 6.45) is 0. The molecular formula is C14H14O2. The first-order valence-corrected chi connectivity index (χ1v) is 5.25. The van der Waals surface area contributed by atoms with Gasteiger partial charge in [-0.05, 0) is 30.2 Å². The largest absolute Gasteiger partial charge is 0.481 e. The molecule has 0 bridgehead atoms. The van der Waals surface area contributed by atoms with E-state index in [0.717, 1.165) is 16.3 Å². The Bertz CT molecular complexity index is 536. The van der Waals surface area contributed by atoms with Crippen LogP contribution >= 0.6 is 0 Å². The van der Waals surface area contributed by atoms with Crippen molar-refractivity contribution in [2.24, 2.45) is 0 Å². The zero-order valence-electron chi connectivity index (χ0n) is 9.40. The molecule has 0 fully saturated rings. The molecule has 0 saturated carbocycles. The number of rotatable bonds is 2. The van der Waals surface area contributed by atoms with Gasteiger partial charge in [0.2, 0.25) is 0 Å². The van der Waals surface area contributed by atoms with Crippen molar-refractivity contribution >= 4 is 16.7 Å². The van der Waals surface area contributed by atoms with E-state index < -0.39 is 11.4 Å². The number of hydrogen-bond donors (Lipinski definition) is 1. The third kappa shape index (κ3) is 1.56. The monoisotopic (exact) mass is 214 g/mol. The van der Waals surface area contributed by atoms with E-state index in [1.54, 1.807) is 13.8 Å². The highest BCUT2D eigenvalue weighted by Crippen LogP contribution is 2.30. The third-order valence-electron chi connectivity index (χ3n) is 3.00. The van der Waals surface area contributed by atoms with Crippen LogP contribution < -0.4 is 0 Å². The average Bonchev–Trinajstić information content (AvgIpc) is 2.28. The Morgan fingerprint density at radius 2 is 1.69 bits per heavy atom. The molecule has 2 nitrogen and oxygen atoms in total. The van der Waals surface area contributed by atoms with Gasteiger partial charge >= 0.3 is 5.97 Å². The van der Waals surface area contributed by atoms with Crippen LogP contribution in [0.15, 0.2) is 42.5 Å². The van der Waals surface area contributed by atoms with Crippen LogP contribution in [0.25, 0.3) is 10.8 Å². The minimum Gasteiger partial charge on any atom is -0.481 e. The lowest BCUT2D eigenvalue weighted by molar-refractivity contribution is -0.142. The van der Waals surface area contributed by atoms with Gasteiger partial charge in [-0.25, -0.2) is 0 Å². The second-order valence-corrected chi connectivity index (χ2v) is 4.46. The van der Waals surface area contributed by atoms with Gasteiger partial charge in [0.1, 0.15) is 0 Å². The quantitative estimate of drug-likeness (QED) is 0.833. The summed E-state index contributed by atoms with van der Waals surface area (Å²) in [5.41, 5.74) is -0.000903. The lowest BCUT2D eigenvalue weighted by Gasteiger charge is -2.21. The molecule has 0 aromatic heterocycles. The lowest BCUT2D eigenvalue weighted by Crippen LogP contribution is -2.28. The predicted molar refractivity (Wildman–Crippen MR) is 64.6 cm³/mol. The molecule has 0 saturated heterocycles. The molecule has 0 heterocycles. The van der Waals surface area contributed by atoms with Crippen molar-refractivity contribution in [2.75, 3.05) is 0 Å². The molecule has 2 aromatic carbocycles. The first kappa shape index (κ1) is 10.7. The fraction of sp³-hybridized carbons (Fsp3) is 0.214. The van der Waals surface area contributed by atoms with E-state index in [-0.39, 0.29) is 0 Å². The maximum Gasteiger partial charge on any atom is 0.313 e. The predicted octanol–water partition coefficient (Wildman–Crippen LogP) is 3.20. The van der Waals surface area contributed by atoms with E-state index in [0.29, 0.717) is 0 Å². The van der Waals surface area contributed by atoms with Gasteiger partial charge in [-0.3, -0.25) is 4.79 Å². The molecule has 0 spiro atoms. The summed E-state index contributed by atoms with van der Waals surface area (Å²) in [6, 6.07) is 13.6. The first-order valence-electron chi connectivity index (χ1n) is 5.25. The molecule has 2 aromatic rings. The van der Waals surface area contributed by atoms with Gasteiger partial charge in [-0.15, -0.1) is 0 Å². The normalized spacial score (nSPS) is 11.6. The first-order chi connectivity index (χ1) is 7.53. The van der Waals surface area contributed by atoms with Crippen molar-refractivity contribution in [1.29, 1.82) is 0 Å². The van der Waals surface area contributed by atoms with Crippen LogP contribution in [0.1, 0.15) is 19.4 Å². The van der Waals surface area contributed by atoms with E-state index in [2.05, 4.69) is 0 Å². The Kier molecular flexibility index (Phi) is 2.43. The molecule has 2 rings (SSSR count). The molecule has 1 N–H and O–H groups in total. The summed E-state index contributed by atoms with van der Waals surface area (Å²) in [6.45, 7) is 3.47. The highest BCUT2D eigenvalue weighted by Gasteiger charge is 2.30. The summed E-state index contributed by atoms with van der Waals surface area (Å²) in [5.74, 6) is -0.802. The zero-order valence-corrected chi connectivity index (χ0v) is 9.40. The average molecular weight is 214 g/mol. The van der Waals surface area contributed by atoms with Gasteiger partial charge in [0, 0.05) is 0 Å². The van der Waals surface area contributed by atoms with Crippen LogP contribution in [0.2, 0.25) is 0 Å². The van der Waals surface area contributed by atoms with Crippen molar-refractivity contribution in [3.63, 3.8) is 0 Å². The highest BCUT2D eigenvalue weighted by molar-refractivity contribution is 5.92. The van der Waals surface area contributed by atoms with Crippen molar-refractivity contribution < 1.29 is 9.90 Å². The molecule has 82 valence electrons. The van der Waals surface area contributed by atoms with Gasteiger partial charge in [0.15, 0.2) is 0 Å². The van der Waals surface area contributed by atoms with E-state index in [1.165, 1.54) is 0 Å². The topological polar surface area (TPSA) is 37.3 Å².